The molecule has 0 N–H and O–H groups in total. The maximum Gasteiger partial charge on any atom is 0.217 e. The zero-order chi connectivity index (χ0) is 16.4. The van der Waals surface area contributed by atoms with Crippen molar-refractivity contribution in [3.8, 4) is 0 Å². The molecular weight excluding hydrogens is 301 g/mol. The Hall–Kier alpha value is -3.27. The second kappa shape index (κ2) is 6.08. The van der Waals surface area contributed by atoms with Crippen LogP contribution in [-0.2, 0) is 0 Å². The first-order chi connectivity index (χ1) is 11.8. The molecule has 4 aromatic rings. The Kier molecular flexibility index (Phi) is 3.63. The second-order valence-electron chi connectivity index (χ2n) is 5.39. The molecule has 0 radical (unpaired) electrons. The summed E-state index contributed by atoms with van der Waals surface area (Å²) in [6.45, 7) is 0. The van der Waals surface area contributed by atoms with E-state index in [2.05, 4.69) is 4.98 Å². The van der Waals surface area contributed by atoms with Crippen LogP contribution in [0.2, 0.25) is 0 Å². The molecule has 2 aromatic heterocycles. The monoisotopic (exact) mass is 315 g/mol. The lowest BCUT2D eigenvalue weighted by Crippen LogP contribution is -2.02. The quantitative estimate of drug-likeness (QED) is 0.506. The number of aliphatic imine (C=N–C) groups is 1. The average Bonchev–Trinajstić information content (AvgIpc) is 3.02. The fraction of sp³-hybridized carbons (Fsp3) is 0. The van der Waals surface area contributed by atoms with Gasteiger partial charge in [0.2, 0.25) is 5.95 Å². The van der Waals surface area contributed by atoms with Crippen LogP contribution in [0.15, 0.2) is 90.2 Å². The lowest BCUT2D eigenvalue weighted by Gasteiger charge is -2.08. The van der Waals surface area contributed by atoms with E-state index >= 15 is 0 Å². The van der Waals surface area contributed by atoms with Crippen LogP contribution in [0, 0.1) is 5.95 Å². The highest BCUT2D eigenvalue weighted by atomic mass is 19.1. The van der Waals surface area contributed by atoms with Crippen LogP contribution < -0.4 is 0 Å². The van der Waals surface area contributed by atoms with E-state index in [4.69, 9.17) is 4.99 Å². The molecule has 4 rings (SSSR count). The molecule has 2 aromatic carbocycles. The summed E-state index contributed by atoms with van der Waals surface area (Å²) in [4.78, 5) is 8.85. The molecule has 2 heterocycles. The van der Waals surface area contributed by atoms with Gasteiger partial charge in [0.25, 0.3) is 0 Å². The lowest BCUT2D eigenvalue weighted by atomic mass is 10.0. The van der Waals surface area contributed by atoms with E-state index in [0.29, 0.717) is 5.65 Å². The van der Waals surface area contributed by atoms with Crippen LogP contribution in [0.3, 0.4) is 0 Å². The highest BCUT2D eigenvalue weighted by molar-refractivity contribution is 6.13. The van der Waals surface area contributed by atoms with Crippen LogP contribution in [0.1, 0.15) is 11.1 Å². The molecule has 0 saturated carbocycles. The predicted molar refractivity (Wildman–Crippen MR) is 93.3 cm³/mol. The number of pyridine rings is 1. The number of hydrogen-bond donors (Lipinski definition) is 0. The topological polar surface area (TPSA) is 29.7 Å². The van der Waals surface area contributed by atoms with Crippen molar-refractivity contribution in [2.75, 3.05) is 0 Å². The van der Waals surface area contributed by atoms with Gasteiger partial charge in [0.1, 0.15) is 5.65 Å². The fourth-order valence-electron chi connectivity index (χ4n) is 2.63. The summed E-state index contributed by atoms with van der Waals surface area (Å²) in [5, 5.41) is 0. The predicted octanol–water partition coefficient (Wildman–Crippen LogP) is 4.64. The summed E-state index contributed by atoms with van der Waals surface area (Å²) >= 11 is 0. The third-order valence-electron chi connectivity index (χ3n) is 3.79. The Labute approximate surface area is 138 Å². The summed E-state index contributed by atoms with van der Waals surface area (Å²) in [5.74, 6) is -0.383. The first-order valence-electron chi connectivity index (χ1n) is 7.63. The van der Waals surface area contributed by atoms with Gasteiger partial charge in [0.15, 0.2) is 0 Å². The van der Waals surface area contributed by atoms with Gasteiger partial charge >= 0.3 is 0 Å². The number of rotatable bonds is 3. The minimum Gasteiger partial charge on any atom is -0.276 e. The lowest BCUT2D eigenvalue weighted by molar-refractivity contribution is 0.573. The molecule has 0 bridgehead atoms. The van der Waals surface area contributed by atoms with Gasteiger partial charge in [-0.05, 0) is 6.07 Å². The van der Waals surface area contributed by atoms with Crippen molar-refractivity contribution < 1.29 is 4.39 Å². The molecule has 4 heteroatoms. The molecule has 0 atom stereocenters. The maximum atomic E-state index is 13.5. The second-order valence-corrected chi connectivity index (χ2v) is 5.39. The van der Waals surface area contributed by atoms with Crippen molar-refractivity contribution in [2.24, 2.45) is 4.99 Å². The van der Waals surface area contributed by atoms with Gasteiger partial charge in [-0.1, -0.05) is 60.7 Å². The fourth-order valence-corrected chi connectivity index (χ4v) is 2.63. The first kappa shape index (κ1) is 14.3. The van der Waals surface area contributed by atoms with E-state index in [1.165, 1.54) is 10.6 Å². The van der Waals surface area contributed by atoms with Gasteiger partial charge in [0.05, 0.1) is 17.6 Å². The van der Waals surface area contributed by atoms with E-state index in [1.807, 2.05) is 60.7 Å². The Morgan fingerprint density at radius 1 is 0.875 bits per heavy atom. The molecular formula is C20H14FN3. The number of halogens is 1. The zero-order valence-electron chi connectivity index (χ0n) is 12.8. The number of hydrogen-bond acceptors (Lipinski definition) is 2. The SMILES string of the molecule is Fc1cnc2cc(N=C(c3ccccc3)c3ccccc3)ccn12. The number of aromatic nitrogens is 2. The molecule has 0 aliphatic rings. The van der Waals surface area contributed by atoms with Crippen LogP contribution in [0.5, 0.6) is 0 Å². The Bertz CT molecular complexity index is 963. The number of fused-ring (bicyclic) bond motifs is 1. The van der Waals surface area contributed by atoms with Crippen molar-refractivity contribution in [2.45, 2.75) is 0 Å². The third-order valence-corrected chi connectivity index (χ3v) is 3.79. The summed E-state index contributed by atoms with van der Waals surface area (Å²) < 4.78 is 14.9. The molecule has 0 unspecified atom stereocenters. The molecule has 3 nitrogen and oxygen atoms in total. The zero-order valence-corrected chi connectivity index (χ0v) is 12.8. The van der Waals surface area contributed by atoms with Crippen molar-refractivity contribution in [3.63, 3.8) is 0 Å². The molecule has 0 aliphatic heterocycles. The third kappa shape index (κ3) is 2.70. The smallest absolute Gasteiger partial charge is 0.217 e. The number of nitrogens with zero attached hydrogens (tertiary/aromatic N) is 3. The van der Waals surface area contributed by atoms with Gasteiger partial charge < -0.3 is 0 Å². The van der Waals surface area contributed by atoms with E-state index < -0.39 is 0 Å². The normalized spacial score (nSPS) is 10.7. The van der Waals surface area contributed by atoms with Crippen LogP contribution in [-0.4, -0.2) is 15.1 Å². The van der Waals surface area contributed by atoms with Gasteiger partial charge in [-0.3, -0.25) is 4.40 Å². The molecule has 0 aliphatic carbocycles. The van der Waals surface area contributed by atoms with E-state index in [-0.39, 0.29) is 5.95 Å². The Balaban J connectivity index is 1.86. The minimum absolute atomic E-state index is 0.383. The average molecular weight is 315 g/mol. The van der Waals surface area contributed by atoms with Crippen LogP contribution in [0.4, 0.5) is 10.1 Å². The molecule has 0 amide bonds. The molecule has 0 spiro atoms. The summed E-state index contributed by atoms with van der Waals surface area (Å²) in [5.41, 5.74) is 4.19. The summed E-state index contributed by atoms with van der Waals surface area (Å²) in [6, 6.07) is 23.6. The molecule has 116 valence electrons. The minimum atomic E-state index is -0.383. The molecule has 0 fully saturated rings. The Morgan fingerprint density at radius 3 is 2.12 bits per heavy atom. The van der Waals surface area contributed by atoms with Crippen LogP contribution in [0.25, 0.3) is 5.65 Å². The summed E-state index contributed by atoms with van der Waals surface area (Å²) in [7, 11) is 0. The van der Waals surface area contributed by atoms with Crippen molar-refractivity contribution in [1.82, 2.24) is 9.38 Å². The van der Waals surface area contributed by atoms with Crippen molar-refractivity contribution in [1.29, 1.82) is 0 Å². The number of imidazole rings is 1. The standard InChI is InChI=1S/C20H14FN3/c21-18-14-22-19-13-17(11-12-24(18)19)23-20(15-7-3-1-4-8-15)16-9-5-2-6-10-16/h1-14H. The highest BCUT2D eigenvalue weighted by Crippen LogP contribution is 2.20. The van der Waals surface area contributed by atoms with Gasteiger partial charge in [-0.2, -0.15) is 4.39 Å². The molecule has 24 heavy (non-hydrogen) atoms. The highest BCUT2D eigenvalue weighted by Gasteiger charge is 2.08. The van der Waals surface area contributed by atoms with Crippen LogP contribution >= 0.6 is 0 Å². The molecule has 0 saturated heterocycles. The van der Waals surface area contributed by atoms with Crippen molar-refractivity contribution >= 4 is 17.0 Å². The van der Waals surface area contributed by atoms with E-state index in [9.17, 15) is 4.39 Å². The van der Waals surface area contributed by atoms with Gasteiger partial charge in [-0.25, -0.2) is 9.98 Å². The van der Waals surface area contributed by atoms with Crippen molar-refractivity contribution in [3.05, 3.63) is 102 Å². The Morgan fingerprint density at radius 2 is 1.50 bits per heavy atom. The first-order valence-corrected chi connectivity index (χ1v) is 7.63. The van der Waals surface area contributed by atoms with Gasteiger partial charge in [-0.15, -0.1) is 0 Å². The van der Waals surface area contributed by atoms with E-state index in [0.717, 1.165) is 22.5 Å². The largest absolute Gasteiger partial charge is 0.276 e. The van der Waals surface area contributed by atoms with Gasteiger partial charge in [0, 0.05) is 23.4 Å². The summed E-state index contributed by atoms with van der Waals surface area (Å²) in [6.07, 6.45) is 2.85. The van der Waals surface area contributed by atoms with E-state index in [1.54, 1.807) is 18.3 Å². The number of benzene rings is 2. The maximum absolute atomic E-state index is 13.5.